The van der Waals surface area contributed by atoms with E-state index in [0.29, 0.717) is 31.1 Å². The summed E-state index contributed by atoms with van der Waals surface area (Å²) in [5.41, 5.74) is 7.42. The summed E-state index contributed by atoms with van der Waals surface area (Å²) < 4.78 is 16.8. The number of carbonyl (C=O) groups is 1. The van der Waals surface area contributed by atoms with Gasteiger partial charge >= 0.3 is 6.09 Å². The van der Waals surface area contributed by atoms with Gasteiger partial charge in [-0.15, -0.1) is 0 Å². The van der Waals surface area contributed by atoms with Gasteiger partial charge in [-0.3, -0.25) is 0 Å². The molecule has 0 unspecified atom stereocenters. The summed E-state index contributed by atoms with van der Waals surface area (Å²) in [6.45, 7) is 17.6. The third-order valence-electron chi connectivity index (χ3n) is 4.90. The molecule has 0 aromatic heterocycles. The number of rotatable bonds is 7. The van der Waals surface area contributed by atoms with Crippen LogP contribution < -0.4 is 15.4 Å². The molecular weight excluding hydrogens is 398 g/mol. The maximum absolute atomic E-state index is 12.4. The van der Waals surface area contributed by atoms with Gasteiger partial charge < -0.3 is 29.7 Å². The predicted molar refractivity (Wildman–Crippen MR) is 125 cm³/mol. The summed E-state index contributed by atoms with van der Waals surface area (Å²) in [5.74, 6) is 0.699. The Hall–Kier alpha value is -1.93. The molecule has 1 saturated heterocycles. The number of anilines is 2. The maximum Gasteiger partial charge on any atom is 0.410 e. The van der Waals surface area contributed by atoms with E-state index in [9.17, 15) is 4.79 Å². The van der Waals surface area contributed by atoms with Crippen molar-refractivity contribution in [2.75, 3.05) is 43.7 Å². The Morgan fingerprint density at radius 2 is 1.93 bits per heavy atom. The summed E-state index contributed by atoms with van der Waals surface area (Å²) in [6, 6.07) is 6.87. The van der Waals surface area contributed by atoms with Crippen LogP contribution in [0.3, 0.4) is 0 Å². The van der Waals surface area contributed by atoms with E-state index in [1.54, 1.807) is 4.90 Å². The molecule has 0 radical (unpaired) electrons. The lowest BCUT2D eigenvalue weighted by Gasteiger charge is -2.41. The van der Waals surface area contributed by atoms with Crippen LogP contribution in [0.15, 0.2) is 18.2 Å². The Balaban J connectivity index is 1.88. The quantitative estimate of drug-likeness (QED) is 0.295. The molecule has 1 aliphatic heterocycles. The molecular formula is C22H39N3O4Si. The highest BCUT2D eigenvalue weighted by atomic mass is 28.3. The first-order valence-corrected chi connectivity index (χ1v) is 14.4. The van der Waals surface area contributed by atoms with E-state index in [-0.39, 0.29) is 18.9 Å². The van der Waals surface area contributed by atoms with Crippen molar-refractivity contribution in [1.29, 1.82) is 0 Å². The highest BCUT2D eigenvalue weighted by molar-refractivity contribution is 6.76. The van der Waals surface area contributed by atoms with Crippen LogP contribution in [-0.2, 0) is 9.47 Å². The van der Waals surface area contributed by atoms with Crippen molar-refractivity contribution in [3.05, 3.63) is 18.2 Å². The largest absolute Gasteiger partial charge is 0.467 e. The minimum atomic E-state index is -1.09. The fourth-order valence-corrected chi connectivity index (χ4v) is 3.98. The fraction of sp³-hybridized carbons (Fsp3) is 0.682. The molecule has 1 fully saturated rings. The Labute approximate surface area is 182 Å². The van der Waals surface area contributed by atoms with Gasteiger partial charge in [-0.25, -0.2) is 4.79 Å². The Kier molecular flexibility index (Phi) is 8.04. The van der Waals surface area contributed by atoms with E-state index in [1.165, 1.54) is 0 Å². The highest BCUT2D eigenvalue weighted by Gasteiger charge is 2.31. The van der Waals surface area contributed by atoms with Crippen LogP contribution in [0.5, 0.6) is 5.75 Å². The second-order valence-corrected chi connectivity index (χ2v) is 15.8. The van der Waals surface area contributed by atoms with Gasteiger partial charge in [0.1, 0.15) is 11.4 Å². The molecule has 30 heavy (non-hydrogen) atoms. The third-order valence-corrected chi connectivity index (χ3v) is 6.60. The average molecular weight is 438 g/mol. The normalized spacial score (nSPS) is 17.8. The van der Waals surface area contributed by atoms with Crippen molar-refractivity contribution in [3.63, 3.8) is 0 Å². The van der Waals surface area contributed by atoms with Gasteiger partial charge in [0.05, 0.1) is 11.4 Å². The predicted octanol–water partition coefficient (Wildman–Crippen LogP) is 4.41. The summed E-state index contributed by atoms with van der Waals surface area (Å²) in [5, 5.41) is 0. The van der Waals surface area contributed by atoms with Gasteiger partial charge in [-0.2, -0.15) is 0 Å². The van der Waals surface area contributed by atoms with Crippen molar-refractivity contribution >= 4 is 25.5 Å². The molecule has 0 bridgehead atoms. The van der Waals surface area contributed by atoms with Crippen LogP contribution in [-0.4, -0.2) is 63.7 Å². The van der Waals surface area contributed by atoms with Gasteiger partial charge in [0, 0.05) is 46.4 Å². The number of carbonyl (C=O) groups excluding carboxylic acids is 1. The first kappa shape index (κ1) is 24.3. The number of nitrogens with zero attached hydrogens (tertiary/aromatic N) is 2. The van der Waals surface area contributed by atoms with Crippen molar-refractivity contribution in [2.45, 2.75) is 65.0 Å². The zero-order valence-corrected chi connectivity index (χ0v) is 20.7. The molecule has 1 aliphatic rings. The topological polar surface area (TPSA) is 77.3 Å². The SMILES string of the molecule is C[C@H]1CN(c2ccc(OCOCC[Si](C)(C)C)cc2N)CCN1C(=O)OC(C)(C)C. The summed E-state index contributed by atoms with van der Waals surface area (Å²) >= 11 is 0. The Bertz CT molecular complexity index is 715. The lowest BCUT2D eigenvalue weighted by molar-refractivity contribution is 0.0159. The first-order valence-electron chi connectivity index (χ1n) is 10.7. The monoisotopic (exact) mass is 437 g/mol. The number of benzene rings is 1. The summed E-state index contributed by atoms with van der Waals surface area (Å²) in [6.07, 6.45) is -0.263. The Morgan fingerprint density at radius 3 is 2.50 bits per heavy atom. The van der Waals surface area contributed by atoms with E-state index in [1.807, 2.05) is 45.9 Å². The van der Waals surface area contributed by atoms with Crippen molar-refractivity contribution in [3.8, 4) is 5.75 Å². The van der Waals surface area contributed by atoms with Crippen molar-refractivity contribution < 1.29 is 19.0 Å². The van der Waals surface area contributed by atoms with Crippen molar-refractivity contribution in [1.82, 2.24) is 4.90 Å². The molecule has 0 aliphatic carbocycles. The molecule has 0 saturated carbocycles. The van der Waals surface area contributed by atoms with Gasteiger partial charge in [0.15, 0.2) is 6.79 Å². The lowest BCUT2D eigenvalue weighted by atomic mass is 10.1. The van der Waals surface area contributed by atoms with E-state index >= 15 is 0 Å². The molecule has 170 valence electrons. The molecule has 2 N–H and O–H groups in total. The molecule has 0 spiro atoms. The van der Waals surface area contributed by atoms with E-state index in [2.05, 4.69) is 24.5 Å². The molecule has 1 atom stereocenters. The van der Waals surface area contributed by atoms with Crippen LogP contribution >= 0.6 is 0 Å². The highest BCUT2D eigenvalue weighted by Crippen LogP contribution is 2.30. The van der Waals surface area contributed by atoms with E-state index in [4.69, 9.17) is 19.9 Å². The van der Waals surface area contributed by atoms with Crippen LogP contribution in [0.4, 0.5) is 16.2 Å². The lowest BCUT2D eigenvalue weighted by Crippen LogP contribution is -2.55. The smallest absolute Gasteiger partial charge is 0.410 e. The van der Waals surface area contributed by atoms with Crippen LogP contribution in [0.2, 0.25) is 25.7 Å². The van der Waals surface area contributed by atoms with Crippen LogP contribution in [0.25, 0.3) is 0 Å². The van der Waals surface area contributed by atoms with Gasteiger partial charge in [0.25, 0.3) is 0 Å². The number of nitrogens with two attached hydrogens (primary N) is 1. The summed E-state index contributed by atoms with van der Waals surface area (Å²) in [4.78, 5) is 16.4. The number of piperazine rings is 1. The third kappa shape index (κ3) is 7.72. The molecule has 7 nitrogen and oxygen atoms in total. The molecule has 1 heterocycles. The Morgan fingerprint density at radius 1 is 1.23 bits per heavy atom. The zero-order chi connectivity index (χ0) is 22.5. The van der Waals surface area contributed by atoms with E-state index < -0.39 is 13.7 Å². The van der Waals surface area contributed by atoms with Crippen LogP contribution in [0, 0.1) is 0 Å². The summed E-state index contributed by atoms with van der Waals surface area (Å²) in [7, 11) is -1.09. The second kappa shape index (κ2) is 9.92. The standard InChI is InChI=1S/C22H39N3O4Si/c1-17-15-24(10-11-25(17)21(26)29-22(2,3)4)20-9-8-18(14-19(20)23)28-16-27-12-13-30(5,6)7/h8-9,14,17H,10-13,15-16,23H2,1-7H3/t17-/m0/s1. The van der Waals surface area contributed by atoms with Gasteiger partial charge in [-0.05, 0) is 45.9 Å². The maximum atomic E-state index is 12.4. The average Bonchev–Trinajstić information content (AvgIpc) is 2.59. The zero-order valence-electron chi connectivity index (χ0n) is 19.7. The number of nitrogen functional groups attached to an aromatic ring is 1. The molecule has 2 rings (SSSR count). The van der Waals surface area contributed by atoms with Crippen molar-refractivity contribution in [2.24, 2.45) is 0 Å². The van der Waals surface area contributed by atoms with Gasteiger partial charge in [-0.1, -0.05) is 19.6 Å². The molecule has 1 aromatic rings. The van der Waals surface area contributed by atoms with E-state index in [0.717, 1.165) is 18.3 Å². The molecule has 1 amide bonds. The second-order valence-electron chi connectivity index (χ2n) is 10.2. The minimum Gasteiger partial charge on any atom is -0.467 e. The number of hydrogen-bond donors (Lipinski definition) is 1. The number of hydrogen-bond acceptors (Lipinski definition) is 6. The minimum absolute atomic E-state index is 0.0312. The molecule has 1 aromatic carbocycles. The van der Waals surface area contributed by atoms with Crippen LogP contribution in [0.1, 0.15) is 27.7 Å². The first-order chi connectivity index (χ1) is 13.9. The fourth-order valence-electron chi connectivity index (χ4n) is 3.23. The number of ether oxygens (including phenoxy) is 3. The van der Waals surface area contributed by atoms with Gasteiger partial charge in [0.2, 0.25) is 0 Å². The number of amides is 1. The molecule has 8 heteroatoms.